The second kappa shape index (κ2) is 9.92. The first kappa shape index (κ1) is 22.1. The maximum absolute atomic E-state index is 12.4. The highest BCUT2D eigenvalue weighted by molar-refractivity contribution is 9.10. The molecule has 0 unspecified atom stereocenters. The number of carbonyl (C=O) groups excluding carboxylic acids is 2. The second-order valence-electron chi connectivity index (χ2n) is 6.31. The molecular weight excluding hydrogens is 474 g/mol. The van der Waals surface area contributed by atoms with Gasteiger partial charge in [-0.1, -0.05) is 18.2 Å². The number of thioether (sulfide) groups is 1. The van der Waals surface area contributed by atoms with E-state index in [4.69, 9.17) is 14.6 Å². The number of benzene rings is 2. The van der Waals surface area contributed by atoms with Gasteiger partial charge in [0, 0.05) is 7.11 Å². The van der Waals surface area contributed by atoms with E-state index in [1.165, 1.54) is 13.2 Å². The van der Waals surface area contributed by atoms with Crippen LogP contribution in [0.1, 0.15) is 21.5 Å². The molecule has 0 atom stereocenters. The van der Waals surface area contributed by atoms with Gasteiger partial charge in [-0.25, -0.2) is 4.79 Å². The highest BCUT2D eigenvalue weighted by Crippen LogP contribution is 2.34. The molecule has 1 N–H and O–H groups in total. The molecule has 3 rings (SSSR count). The van der Waals surface area contributed by atoms with Crippen LogP contribution in [0.3, 0.4) is 0 Å². The molecule has 0 aliphatic carbocycles. The lowest BCUT2D eigenvalue weighted by Gasteiger charge is -2.11. The van der Waals surface area contributed by atoms with Crippen LogP contribution >= 0.6 is 27.7 Å². The average Bonchev–Trinajstić information content (AvgIpc) is 2.98. The quantitative estimate of drug-likeness (QED) is 0.546. The van der Waals surface area contributed by atoms with E-state index >= 15 is 0 Å². The van der Waals surface area contributed by atoms with Crippen LogP contribution in [0.4, 0.5) is 4.79 Å². The topological polar surface area (TPSA) is 93.1 Å². The number of carboxylic acid groups (broad SMARTS) is 1. The van der Waals surface area contributed by atoms with E-state index in [0.29, 0.717) is 15.1 Å². The number of methoxy groups -OCH3 is 1. The van der Waals surface area contributed by atoms with Crippen LogP contribution in [-0.4, -0.2) is 47.4 Å². The largest absolute Gasteiger partial charge is 0.488 e. The molecule has 0 spiro atoms. The average molecular weight is 492 g/mol. The van der Waals surface area contributed by atoms with Crippen LogP contribution in [0.5, 0.6) is 5.75 Å². The maximum atomic E-state index is 12.4. The minimum absolute atomic E-state index is 0.199. The van der Waals surface area contributed by atoms with Gasteiger partial charge in [0.15, 0.2) is 0 Å². The summed E-state index contributed by atoms with van der Waals surface area (Å²) in [6, 6.07) is 11.8. The van der Waals surface area contributed by atoms with Crippen molar-refractivity contribution in [1.82, 2.24) is 4.90 Å². The van der Waals surface area contributed by atoms with Crippen molar-refractivity contribution in [1.29, 1.82) is 0 Å². The van der Waals surface area contributed by atoms with Crippen molar-refractivity contribution in [2.75, 3.05) is 20.3 Å². The van der Waals surface area contributed by atoms with Crippen LogP contribution in [0.25, 0.3) is 6.08 Å². The van der Waals surface area contributed by atoms with E-state index in [9.17, 15) is 14.4 Å². The number of carbonyl (C=O) groups is 3. The molecule has 0 saturated carbocycles. The first-order valence-electron chi connectivity index (χ1n) is 8.88. The summed E-state index contributed by atoms with van der Waals surface area (Å²) in [5.74, 6) is -0.757. The summed E-state index contributed by atoms with van der Waals surface area (Å²) in [6.45, 7) is 0.716. The Hall–Kier alpha value is -2.62. The summed E-state index contributed by atoms with van der Waals surface area (Å²) in [4.78, 5) is 37.0. The first-order chi connectivity index (χ1) is 14.4. The Labute approximate surface area is 185 Å². The van der Waals surface area contributed by atoms with Crippen LogP contribution in [0, 0.1) is 0 Å². The third-order valence-corrected chi connectivity index (χ3v) is 5.74. The van der Waals surface area contributed by atoms with Gasteiger partial charge in [0.1, 0.15) is 12.4 Å². The molecule has 1 aliphatic rings. The Morgan fingerprint density at radius 3 is 2.73 bits per heavy atom. The third-order valence-electron chi connectivity index (χ3n) is 4.21. The molecule has 1 saturated heterocycles. The number of halogens is 1. The Morgan fingerprint density at radius 2 is 2.03 bits per heavy atom. The van der Waals surface area contributed by atoms with Gasteiger partial charge >= 0.3 is 5.97 Å². The molecule has 2 amide bonds. The molecule has 0 bridgehead atoms. The fraction of sp³-hybridized carbons (Fsp3) is 0.190. The van der Waals surface area contributed by atoms with Gasteiger partial charge < -0.3 is 14.6 Å². The lowest BCUT2D eigenvalue weighted by molar-refractivity contribution is -0.123. The van der Waals surface area contributed by atoms with E-state index in [-0.39, 0.29) is 36.5 Å². The van der Waals surface area contributed by atoms with Crippen molar-refractivity contribution < 1.29 is 29.0 Å². The zero-order valence-electron chi connectivity index (χ0n) is 16.0. The monoisotopic (exact) mass is 491 g/mol. The van der Waals surface area contributed by atoms with Gasteiger partial charge in [0.05, 0.1) is 28.1 Å². The van der Waals surface area contributed by atoms with E-state index in [0.717, 1.165) is 27.8 Å². The second-order valence-corrected chi connectivity index (χ2v) is 8.16. The normalized spacial score (nSPS) is 15.1. The minimum atomic E-state index is -0.992. The van der Waals surface area contributed by atoms with Gasteiger partial charge in [0.25, 0.3) is 11.1 Å². The first-order valence-corrected chi connectivity index (χ1v) is 10.5. The number of aromatic carboxylic acids is 1. The smallest absolute Gasteiger partial charge is 0.335 e. The van der Waals surface area contributed by atoms with Crippen molar-refractivity contribution in [3.8, 4) is 5.75 Å². The molecule has 7 nitrogen and oxygen atoms in total. The molecule has 30 heavy (non-hydrogen) atoms. The van der Waals surface area contributed by atoms with Gasteiger partial charge in [-0.2, -0.15) is 0 Å². The highest BCUT2D eigenvalue weighted by atomic mass is 79.9. The number of nitrogens with zero attached hydrogens (tertiary/aromatic N) is 1. The minimum Gasteiger partial charge on any atom is -0.488 e. The van der Waals surface area contributed by atoms with Crippen molar-refractivity contribution in [3.05, 3.63) is 68.5 Å². The predicted octanol–water partition coefficient (Wildman–Crippen LogP) is 4.41. The van der Waals surface area contributed by atoms with Gasteiger partial charge in [0.2, 0.25) is 0 Å². The Balaban J connectivity index is 1.69. The molecule has 2 aromatic rings. The summed E-state index contributed by atoms with van der Waals surface area (Å²) in [5, 5.41) is 8.76. The number of amides is 2. The highest BCUT2D eigenvalue weighted by Gasteiger charge is 2.34. The molecule has 1 fully saturated rings. The Kier molecular flexibility index (Phi) is 7.30. The molecule has 1 aliphatic heterocycles. The molecule has 0 radical (unpaired) electrons. The Bertz CT molecular complexity index is 1020. The Morgan fingerprint density at radius 1 is 1.23 bits per heavy atom. The summed E-state index contributed by atoms with van der Waals surface area (Å²) in [7, 11) is 1.51. The number of carboxylic acids is 1. The van der Waals surface area contributed by atoms with Crippen molar-refractivity contribution in [2.24, 2.45) is 0 Å². The van der Waals surface area contributed by atoms with E-state index in [2.05, 4.69) is 15.9 Å². The molecule has 1 heterocycles. The molecule has 9 heteroatoms. The number of hydrogen-bond acceptors (Lipinski definition) is 6. The van der Waals surface area contributed by atoms with Crippen LogP contribution in [0.15, 0.2) is 51.8 Å². The lowest BCUT2D eigenvalue weighted by atomic mass is 10.1. The molecule has 2 aromatic carbocycles. The van der Waals surface area contributed by atoms with E-state index in [1.54, 1.807) is 42.5 Å². The van der Waals surface area contributed by atoms with Crippen molar-refractivity contribution in [2.45, 2.75) is 6.61 Å². The van der Waals surface area contributed by atoms with E-state index < -0.39 is 5.97 Å². The van der Waals surface area contributed by atoms with Crippen molar-refractivity contribution in [3.63, 3.8) is 0 Å². The number of rotatable bonds is 8. The summed E-state index contributed by atoms with van der Waals surface area (Å²) >= 11 is 4.34. The summed E-state index contributed by atoms with van der Waals surface area (Å²) in [5.41, 5.74) is 1.67. The fourth-order valence-corrected chi connectivity index (χ4v) is 4.08. The van der Waals surface area contributed by atoms with Crippen LogP contribution < -0.4 is 4.74 Å². The SMILES string of the molecule is COCCN1C(=O)S/C(=C/c2ccc(OCc3cccc(C(=O)O)c3)c(Br)c2)C1=O. The standard InChI is InChI=1S/C21H18BrNO6S/c1-28-8-7-23-19(24)18(30-21(23)27)11-13-5-6-17(16(22)10-13)29-12-14-3-2-4-15(9-14)20(25)26/h2-6,9-11H,7-8,12H2,1H3,(H,25,26)/b18-11+. The predicted molar refractivity (Wildman–Crippen MR) is 116 cm³/mol. The van der Waals surface area contributed by atoms with E-state index in [1.807, 2.05) is 0 Å². The molecular formula is C21H18BrNO6S. The maximum Gasteiger partial charge on any atom is 0.335 e. The molecule has 0 aromatic heterocycles. The van der Waals surface area contributed by atoms with Gasteiger partial charge in [-0.15, -0.1) is 0 Å². The number of hydrogen-bond donors (Lipinski definition) is 1. The zero-order chi connectivity index (χ0) is 21.7. The fourth-order valence-electron chi connectivity index (χ4n) is 2.71. The van der Waals surface area contributed by atoms with Gasteiger partial charge in [-0.05, 0) is 69.2 Å². The van der Waals surface area contributed by atoms with Crippen LogP contribution in [0.2, 0.25) is 0 Å². The van der Waals surface area contributed by atoms with Crippen molar-refractivity contribution >= 4 is 50.9 Å². The molecule has 156 valence electrons. The van der Waals surface area contributed by atoms with Crippen LogP contribution in [-0.2, 0) is 16.1 Å². The van der Waals surface area contributed by atoms with Gasteiger partial charge in [-0.3, -0.25) is 14.5 Å². The summed E-state index contributed by atoms with van der Waals surface area (Å²) < 4.78 is 11.4. The summed E-state index contributed by atoms with van der Waals surface area (Å²) in [6.07, 6.45) is 1.66. The lowest BCUT2D eigenvalue weighted by Crippen LogP contribution is -2.31. The number of ether oxygens (including phenoxy) is 2. The zero-order valence-corrected chi connectivity index (χ0v) is 18.4. The third kappa shape index (κ3) is 5.29. The number of imide groups is 1.